The summed E-state index contributed by atoms with van der Waals surface area (Å²) in [6.45, 7) is 1.94. The van der Waals surface area contributed by atoms with Crippen molar-refractivity contribution >= 4 is 27.9 Å². The van der Waals surface area contributed by atoms with Gasteiger partial charge < -0.3 is 0 Å². The Kier molecular flexibility index (Phi) is 5.02. The van der Waals surface area contributed by atoms with Crippen LogP contribution in [0.4, 0.5) is 5.13 Å². The van der Waals surface area contributed by atoms with Crippen molar-refractivity contribution in [1.82, 2.24) is 10.2 Å². The van der Waals surface area contributed by atoms with Gasteiger partial charge in [-0.3, -0.25) is 10.1 Å². The molecular formula is C18H18N4OS. The third kappa shape index (κ3) is 3.69. The lowest BCUT2D eigenvalue weighted by Gasteiger charge is -2.14. The molecule has 1 aromatic heterocycles. The molecule has 24 heavy (non-hydrogen) atoms. The van der Waals surface area contributed by atoms with E-state index in [0.717, 1.165) is 36.8 Å². The number of amides is 1. The van der Waals surface area contributed by atoms with E-state index in [1.54, 1.807) is 6.07 Å². The molecule has 1 heterocycles. The standard InChI is InChI=1S/C18H18N4OS/c1-12-6-5-9-14(10-12)16(23)20-18-22-21-17(24-18)15(11-19)13-7-3-2-4-8-13/h5-6,9-10H,2-4,7-8H2,1H3,(H,20,22,23). The zero-order valence-corrected chi connectivity index (χ0v) is 14.3. The zero-order chi connectivity index (χ0) is 16.9. The molecule has 6 heteroatoms. The second-order valence-corrected chi connectivity index (χ2v) is 6.86. The maximum absolute atomic E-state index is 12.3. The van der Waals surface area contributed by atoms with Crippen LogP contribution < -0.4 is 5.32 Å². The second-order valence-electron chi connectivity index (χ2n) is 5.89. The number of hydrogen-bond acceptors (Lipinski definition) is 5. The fraction of sp³-hybridized carbons (Fsp3) is 0.333. The molecule has 0 atom stereocenters. The lowest BCUT2D eigenvalue weighted by molar-refractivity contribution is 0.102. The van der Waals surface area contributed by atoms with Crippen LogP contribution in [-0.4, -0.2) is 16.1 Å². The van der Waals surface area contributed by atoms with Gasteiger partial charge in [-0.1, -0.05) is 35.5 Å². The first-order valence-electron chi connectivity index (χ1n) is 8.01. The van der Waals surface area contributed by atoms with E-state index in [4.69, 9.17) is 0 Å². The molecule has 1 N–H and O–H groups in total. The Bertz CT molecular complexity index is 824. The third-order valence-corrected chi connectivity index (χ3v) is 4.92. The van der Waals surface area contributed by atoms with Gasteiger partial charge in [-0.15, -0.1) is 10.2 Å². The first-order chi connectivity index (χ1) is 11.7. The molecule has 0 bridgehead atoms. The summed E-state index contributed by atoms with van der Waals surface area (Å²) >= 11 is 1.25. The van der Waals surface area contributed by atoms with Gasteiger partial charge in [-0.25, -0.2) is 0 Å². The lowest BCUT2D eigenvalue weighted by atomic mass is 9.91. The smallest absolute Gasteiger partial charge is 0.257 e. The summed E-state index contributed by atoms with van der Waals surface area (Å²) in [5, 5.41) is 21.4. The highest BCUT2D eigenvalue weighted by Crippen LogP contribution is 2.32. The van der Waals surface area contributed by atoms with Crippen molar-refractivity contribution in [3.63, 3.8) is 0 Å². The summed E-state index contributed by atoms with van der Waals surface area (Å²) in [5.41, 5.74) is 3.40. The van der Waals surface area contributed by atoms with Gasteiger partial charge in [0.25, 0.3) is 5.91 Å². The summed E-state index contributed by atoms with van der Waals surface area (Å²) in [4.78, 5) is 12.3. The third-order valence-electron chi connectivity index (χ3n) is 4.06. The lowest BCUT2D eigenvalue weighted by Crippen LogP contribution is -2.11. The van der Waals surface area contributed by atoms with E-state index in [1.165, 1.54) is 17.8 Å². The van der Waals surface area contributed by atoms with Gasteiger partial charge in [0.15, 0.2) is 5.01 Å². The Morgan fingerprint density at radius 3 is 2.75 bits per heavy atom. The number of rotatable bonds is 3. The van der Waals surface area contributed by atoms with E-state index in [1.807, 2.05) is 25.1 Å². The number of aryl methyl sites for hydroxylation is 1. The van der Waals surface area contributed by atoms with Crippen molar-refractivity contribution in [2.75, 3.05) is 5.32 Å². The Balaban J connectivity index is 1.78. The molecular weight excluding hydrogens is 320 g/mol. The number of nitrogens with zero attached hydrogens (tertiary/aromatic N) is 3. The van der Waals surface area contributed by atoms with Crippen LogP contribution in [0.25, 0.3) is 5.57 Å². The van der Waals surface area contributed by atoms with Crippen LogP contribution in [0, 0.1) is 18.3 Å². The minimum Gasteiger partial charge on any atom is -0.296 e. The molecule has 1 fully saturated rings. The Morgan fingerprint density at radius 2 is 2.04 bits per heavy atom. The minimum absolute atomic E-state index is 0.217. The van der Waals surface area contributed by atoms with Crippen molar-refractivity contribution in [1.29, 1.82) is 5.26 Å². The zero-order valence-electron chi connectivity index (χ0n) is 13.5. The topological polar surface area (TPSA) is 78.7 Å². The Hall–Kier alpha value is -2.52. The highest BCUT2D eigenvalue weighted by molar-refractivity contribution is 7.16. The van der Waals surface area contributed by atoms with Crippen LogP contribution >= 0.6 is 11.3 Å². The van der Waals surface area contributed by atoms with Crippen LogP contribution in [0.1, 0.15) is 53.0 Å². The molecule has 3 rings (SSSR count). The van der Waals surface area contributed by atoms with Crippen LogP contribution in [0.15, 0.2) is 29.8 Å². The average molecular weight is 338 g/mol. The van der Waals surface area contributed by atoms with Crippen molar-refractivity contribution in [3.8, 4) is 6.07 Å². The summed E-state index contributed by atoms with van der Waals surface area (Å²) in [5.74, 6) is -0.217. The van der Waals surface area contributed by atoms with Gasteiger partial charge in [-0.2, -0.15) is 5.26 Å². The number of nitrogens with one attached hydrogen (secondary N) is 1. The van der Waals surface area contributed by atoms with E-state index in [2.05, 4.69) is 21.6 Å². The molecule has 1 aromatic carbocycles. The number of allylic oxidation sites excluding steroid dienone is 2. The summed E-state index contributed by atoms with van der Waals surface area (Å²) in [6, 6.07) is 9.63. The molecule has 0 radical (unpaired) electrons. The monoisotopic (exact) mass is 338 g/mol. The van der Waals surface area contributed by atoms with Gasteiger partial charge in [0.05, 0.1) is 5.57 Å². The van der Waals surface area contributed by atoms with Crippen LogP contribution in [0.2, 0.25) is 0 Å². The molecule has 2 aromatic rings. The Morgan fingerprint density at radius 1 is 1.25 bits per heavy atom. The largest absolute Gasteiger partial charge is 0.296 e. The number of anilines is 1. The van der Waals surface area contributed by atoms with E-state index in [-0.39, 0.29) is 5.91 Å². The summed E-state index contributed by atoms with van der Waals surface area (Å²) < 4.78 is 0. The number of nitriles is 1. The summed E-state index contributed by atoms with van der Waals surface area (Å²) in [6.07, 6.45) is 5.36. The van der Waals surface area contributed by atoms with Gasteiger partial charge in [-0.05, 0) is 50.3 Å². The van der Waals surface area contributed by atoms with Gasteiger partial charge in [0, 0.05) is 5.56 Å². The van der Waals surface area contributed by atoms with Crippen molar-refractivity contribution in [2.45, 2.75) is 39.0 Å². The van der Waals surface area contributed by atoms with E-state index in [0.29, 0.717) is 21.3 Å². The van der Waals surface area contributed by atoms with Crippen molar-refractivity contribution in [2.24, 2.45) is 0 Å². The maximum atomic E-state index is 12.3. The average Bonchev–Trinajstić information content (AvgIpc) is 3.04. The predicted molar refractivity (Wildman–Crippen MR) is 94.7 cm³/mol. The highest BCUT2D eigenvalue weighted by atomic mass is 32.1. The number of hydrogen-bond donors (Lipinski definition) is 1. The van der Waals surface area contributed by atoms with Crippen LogP contribution in [-0.2, 0) is 0 Å². The molecule has 0 unspecified atom stereocenters. The molecule has 5 nitrogen and oxygen atoms in total. The van der Waals surface area contributed by atoms with Gasteiger partial charge in [0.2, 0.25) is 5.13 Å². The quantitative estimate of drug-likeness (QED) is 0.844. The van der Waals surface area contributed by atoms with Crippen LogP contribution in [0.5, 0.6) is 0 Å². The van der Waals surface area contributed by atoms with Gasteiger partial charge >= 0.3 is 0 Å². The predicted octanol–water partition coefficient (Wildman–Crippen LogP) is 4.34. The van der Waals surface area contributed by atoms with E-state index < -0.39 is 0 Å². The number of carbonyl (C=O) groups is 1. The molecule has 0 spiro atoms. The number of aromatic nitrogens is 2. The van der Waals surface area contributed by atoms with Crippen LogP contribution in [0.3, 0.4) is 0 Å². The first kappa shape index (κ1) is 16.3. The summed E-state index contributed by atoms with van der Waals surface area (Å²) in [7, 11) is 0. The number of carbonyl (C=O) groups excluding carboxylic acids is 1. The first-order valence-corrected chi connectivity index (χ1v) is 8.83. The normalized spacial score (nSPS) is 14.1. The van der Waals surface area contributed by atoms with E-state index >= 15 is 0 Å². The Labute approximate surface area is 145 Å². The fourth-order valence-electron chi connectivity index (χ4n) is 2.84. The van der Waals surface area contributed by atoms with E-state index in [9.17, 15) is 10.1 Å². The molecule has 1 aliphatic rings. The van der Waals surface area contributed by atoms with Crippen molar-refractivity contribution in [3.05, 3.63) is 46.0 Å². The SMILES string of the molecule is Cc1cccc(C(=O)Nc2nnc(C(C#N)=C3CCCCC3)s2)c1. The molecule has 122 valence electrons. The molecule has 1 aliphatic carbocycles. The molecule has 0 aliphatic heterocycles. The molecule has 1 amide bonds. The number of benzene rings is 1. The van der Waals surface area contributed by atoms with Crippen molar-refractivity contribution < 1.29 is 4.79 Å². The molecule has 1 saturated carbocycles. The maximum Gasteiger partial charge on any atom is 0.257 e. The van der Waals surface area contributed by atoms with Gasteiger partial charge in [0.1, 0.15) is 6.07 Å². The molecule has 0 saturated heterocycles. The second kappa shape index (κ2) is 7.37. The highest BCUT2D eigenvalue weighted by Gasteiger charge is 2.17. The minimum atomic E-state index is -0.217. The fourth-order valence-corrected chi connectivity index (χ4v) is 3.62.